The molecule has 0 rings (SSSR count). The van der Waals surface area contributed by atoms with E-state index < -0.39 is 38.7 Å². The molecular formula is C19H46O2Si5. The lowest BCUT2D eigenvalue weighted by Gasteiger charge is -2.50. The molecule has 0 radical (unpaired) electrons. The van der Waals surface area contributed by atoms with Gasteiger partial charge in [0.1, 0.15) is 20.6 Å². The van der Waals surface area contributed by atoms with E-state index in [9.17, 15) is 4.79 Å². The smallest absolute Gasteiger partial charge is 0.241 e. The van der Waals surface area contributed by atoms with E-state index in [1.807, 2.05) is 0 Å². The Bertz CT molecular complexity index is 533. The van der Waals surface area contributed by atoms with Crippen molar-refractivity contribution in [1.82, 2.24) is 0 Å². The van der Waals surface area contributed by atoms with Crippen LogP contribution in [-0.4, -0.2) is 44.1 Å². The normalized spacial score (nSPS) is 15.9. The van der Waals surface area contributed by atoms with E-state index in [1.165, 1.54) is 5.38 Å². The van der Waals surface area contributed by atoms with Crippen LogP contribution in [0, 0.1) is 5.41 Å². The molecule has 0 unspecified atom stereocenters. The topological polar surface area (TPSA) is 26.3 Å². The first kappa shape index (κ1) is 26.3. The summed E-state index contributed by atoms with van der Waals surface area (Å²) in [6.45, 7) is 34.9. The van der Waals surface area contributed by atoms with Crippen LogP contribution in [0.4, 0.5) is 0 Å². The molecule has 0 aromatic rings. The minimum Gasteiger partial charge on any atom is -0.552 e. The molecular weight excluding hydrogens is 401 g/mol. The first-order chi connectivity index (χ1) is 11.0. The van der Waals surface area contributed by atoms with E-state index >= 15 is 0 Å². The molecule has 0 aliphatic rings. The third-order valence-corrected chi connectivity index (χ3v) is 44.8. The predicted molar refractivity (Wildman–Crippen MR) is 133 cm³/mol. The van der Waals surface area contributed by atoms with Crippen molar-refractivity contribution in [3.05, 3.63) is 11.1 Å². The van der Waals surface area contributed by atoms with Gasteiger partial charge < -0.3 is 9.22 Å². The largest absolute Gasteiger partial charge is 0.552 e. The zero-order chi connectivity index (χ0) is 21.6. The van der Waals surface area contributed by atoms with Crippen LogP contribution in [0.15, 0.2) is 11.1 Å². The Balaban J connectivity index is 7.09. The highest BCUT2D eigenvalue weighted by Gasteiger charge is 2.61. The van der Waals surface area contributed by atoms with Gasteiger partial charge in [-0.1, -0.05) is 85.4 Å². The summed E-state index contributed by atoms with van der Waals surface area (Å²) in [6, 6.07) is 0. The van der Waals surface area contributed by atoms with Crippen molar-refractivity contribution in [2.45, 2.75) is 99.3 Å². The van der Waals surface area contributed by atoms with Gasteiger partial charge in [0.25, 0.3) is 0 Å². The summed E-state index contributed by atoms with van der Waals surface area (Å²) in [5, 5.41) is 1.80. The molecule has 0 saturated carbocycles. The molecule has 2 nitrogen and oxygen atoms in total. The van der Waals surface area contributed by atoms with Crippen LogP contribution in [0.1, 0.15) is 20.8 Å². The maximum absolute atomic E-state index is 14.1. The number of hydrogen-bond donors (Lipinski definition) is 0. The van der Waals surface area contributed by atoms with Crippen molar-refractivity contribution < 1.29 is 9.22 Å². The second-order valence-electron chi connectivity index (χ2n) is 12.9. The van der Waals surface area contributed by atoms with Crippen LogP contribution in [-0.2, 0) is 9.22 Å². The molecule has 0 heterocycles. The van der Waals surface area contributed by atoms with Gasteiger partial charge >= 0.3 is 0 Å². The summed E-state index contributed by atoms with van der Waals surface area (Å²) in [4.78, 5) is 14.1. The summed E-state index contributed by atoms with van der Waals surface area (Å²) in [5.74, 6) is 0. The highest BCUT2D eigenvalue weighted by atomic mass is 29.6. The number of rotatable bonds is 7. The SMILES string of the molecule is CC(C)(C)C(=O)[Si](/C=C(\O[Si](C)(C)C)[Si](C)(C)C)([Si](C)(C)C)[Si](C)(C)C. The maximum Gasteiger partial charge on any atom is 0.241 e. The average molecular weight is 447 g/mol. The van der Waals surface area contributed by atoms with Crippen LogP contribution < -0.4 is 0 Å². The summed E-state index contributed by atoms with van der Waals surface area (Å²) in [6.07, 6.45) is 0. The van der Waals surface area contributed by atoms with Gasteiger partial charge in [-0.2, -0.15) is 0 Å². The van der Waals surface area contributed by atoms with Crippen molar-refractivity contribution in [2.24, 2.45) is 5.41 Å². The second kappa shape index (κ2) is 7.61. The van der Waals surface area contributed by atoms with E-state index in [4.69, 9.17) is 4.43 Å². The summed E-state index contributed by atoms with van der Waals surface area (Å²) < 4.78 is 6.70. The molecule has 0 aliphatic carbocycles. The Morgan fingerprint density at radius 3 is 1.27 bits per heavy atom. The monoisotopic (exact) mass is 446 g/mol. The van der Waals surface area contributed by atoms with E-state index in [1.54, 1.807) is 0 Å². The summed E-state index contributed by atoms with van der Waals surface area (Å²) in [5.41, 5.74) is 2.25. The standard InChI is InChI=1S/C19H46O2Si5/c1-19(2,3)18(20)26(24(10,11)12,25(13,14)15)16-17(22(4,5)6)21-23(7,8)9/h16H,1-15H3/b17-16+. The van der Waals surface area contributed by atoms with Crippen molar-refractivity contribution in [1.29, 1.82) is 0 Å². The lowest BCUT2D eigenvalue weighted by atomic mass is 9.99. The Kier molecular flexibility index (Phi) is 7.70. The van der Waals surface area contributed by atoms with Crippen LogP contribution in [0.2, 0.25) is 78.6 Å². The molecule has 0 fully saturated rings. The van der Waals surface area contributed by atoms with Gasteiger partial charge in [0, 0.05) is 26.0 Å². The van der Waals surface area contributed by atoms with Gasteiger partial charge in [-0.15, -0.1) is 0 Å². The molecule has 0 bridgehead atoms. The highest BCUT2D eigenvalue weighted by molar-refractivity contribution is 7.79. The van der Waals surface area contributed by atoms with Gasteiger partial charge in [-0.3, -0.25) is 0 Å². The lowest BCUT2D eigenvalue weighted by Crippen LogP contribution is -2.77. The first-order valence-electron chi connectivity index (χ1n) is 9.94. The average Bonchev–Trinajstić information content (AvgIpc) is 2.25. The summed E-state index contributed by atoms with van der Waals surface area (Å²) >= 11 is 0. The third kappa shape index (κ3) is 6.15. The lowest BCUT2D eigenvalue weighted by molar-refractivity contribution is -0.118. The maximum atomic E-state index is 14.1. The number of carbonyl (C=O) groups is 1. The molecule has 0 aromatic heterocycles. The van der Waals surface area contributed by atoms with Crippen LogP contribution in [0.3, 0.4) is 0 Å². The van der Waals surface area contributed by atoms with Gasteiger partial charge in [-0.05, 0) is 19.6 Å². The number of hydrogen-bond acceptors (Lipinski definition) is 2. The molecule has 0 aliphatic heterocycles. The van der Waals surface area contributed by atoms with Gasteiger partial charge in [0.15, 0.2) is 0 Å². The van der Waals surface area contributed by atoms with Crippen molar-refractivity contribution in [2.75, 3.05) is 0 Å². The number of carbonyl (C=O) groups excluding carboxylic acids is 1. The third-order valence-electron chi connectivity index (χ3n) is 4.91. The first-order valence-corrected chi connectivity index (χ1v) is 27.9. The van der Waals surface area contributed by atoms with Crippen LogP contribution >= 0.6 is 0 Å². The van der Waals surface area contributed by atoms with Crippen LogP contribution in [0.25, 0.3) is 0 Å². The Morgan fingerprint density at radius 1 is 0.731 bits per heavy atom. The minimum atomic E-state index is -2.30. The molecule has 0 amide bonds. The van der Waals surface area contributed by atoms with E-state index in [0.29, 0.717) is 5.41 Å². The zero-order valence-corrected chi connectivity index (χ0v) is 25.4. The molecule has 154 valence electrons. The van der Waals surface area contributed by atoms with Crippen molar-refractivity contribution in [3.63, 3.8) is 0 Å². The van der Waals surface area contributed by atoms with E-state index in [2.05, 4.69) is 105 Å². The van der Waals surface area contributed by atoms with Gasteiger partial charge in [0.2, 0.25) is 8.32 Å². The Labute approximate surface area is 168 Å². The fourth-order valence-corrected chi connectivity index (χ4v) is 53.0. The highest BCUT2D eigenvalue weighted by Crippen LogP contribution is 2.39. The van der Waals surface area contributed by atoms with E-state index in [0.717, 1.165) is 0 Å². The minimum absolute atomic E-state index is 0.285. The van der Waals surface area contributed by atoms with Crippen LogP contribution in [0.5, 0.6) is 0 Å². The molecule has 0 saturated heterocycles. The zero-order valence-electron chi connectivity index (χ0n) is 20.4. The van der Waals surface area contributed by atoms with Gasteiger partial charge in [0.05, 0.1) is 0 Å². The second-order valence-corrected chi connectivity index (χ2v) is 48.9. The summed E-state index contributed by atoms with van der Waals surface area (Å²) in [7, 11) is -9.15. The Morgan fingerprint density at radius 2 is 1.08 bits per heavy atom. The van der Waals surface area contributed by atoms with Crippen molar-refractivity contribution >= 4 is 44.1 Å². The predicted octanol–water partition coefficient (Wildman–Crippen LogP) is 6.57. The Hall–Kier alpha value is 0.294. The molecule has 7 heteroatoms. The molecule has 26 heavy (non-hydrogen) atoms. The van der Waals surface area contributed by atoms with E-state index in [-0.39, 0.29) is 5.41 Å². The fourth-order valence-electron chi connectivity index (χ4n) is 3.82. The molecule has 0 aromatic carbocycles. The molecule has 0 N–H and O–H groups in total. The molecule has 0 spiro atoms. The van der Waals surface area contributed by atoms with Crippen molar-refractivity contribution in [3.8, 4) is 0 Å². The van der Waals surface area contributed by atoms with Gasteiger partial charge in [-0.25, -0.2) is 0 Å². The fraction of sp³-hybridized carbons (Fsp3) is 0.842. The quantitative estimate of drug-likeness (QED) is 0.326. The molecule has 0 atom stereocenters.